The first kappa shape index (κ1) is 21.8. The Kier molecular flexibility index (Phi) is 5.16. The molecular weight excluding hydrogens is 428 g/mol. The van der Waals surface area contributed by atoms with Gasteiger partial charge in [-0.3, -0.25) is 14.7 Å². The van der Waals surface area contributed by atoms with E-state index in [9.17, 15) is 9.59 Å². The van der Waals surface area contributed by atoms with Gasteiger partial charge in [-0.1, -0.05) is 39.0 Å². The summed E-state index contributed by atoms with van der Waals surface area (Å²) in [6.07, 6.45) is 0. The first-order valence-corrected chi connectivity index (χ1v) is 11.4. The zero-order valence-electron chi connectivity index (χ0n) is 19.7. The van der Waals surface area contributed by atoms with Crippen LogP contribution in [0.4, 0.5) is 17.2 Å². The molecule has 0 saturated heterocycles. The lowest BCUT2D eigenvalue weighted by atomic mass is 9.85. The summed E-state index contributed by atoms with van der Waals surface area (Å²) in [4.78, 5) is 28.8. The molecule has 1 aliphatic rings. The summed E-state index contributed by atoms with van der Waals surface area (Å²) in [5.74, 6) is 0.504. The molecule has 174 valence electrons. The van der Waals surface area contributed by atoms with Gasteiger partial charge in [0.2, 0.25) is 0 Å². The van der Waals surface area contributed by atoms with E-state index in [1.807, 2.05) is 49.4 Å². The van der Waals surface area contributed by atoms with Crippen LogP contribution in [0.25, 0.3) is 10.9 Å². The molecule has 0 fully saturated rings. The van der Waals surface area contributed by atoms with E-state index in [2.05, 4.69) is 51.9 Å². The summed E-state index contributed by atoms with van der Waals surface area (Å²) in [5, 5.41) is 18.5. The van der Waals surface area contributed by atoms with E-state index in [0.717, 1.165) is 33.5 Å². The quantitative estimate of drug-likeness (QED) is 0.310. The number of carbonyl (C=O) groups is 1. The lowest BCUT2D eigenvalue weighted by Gasteiger charge is -2.24. The molecule has 8 heteroatoms. The summed E-state index contributed by atoms with van der Waals surface area (Å²) in [7, 11) is 0. The molecule has 1 unspecified atom stereocenters. The predicted molar refractivity (Wildman–Crippen MR) is 135 cm³/mol. The van der Waals surface area contributed by atoms with Crippen molar-refractivity contribution in [3.8, 4) is 0 Å². The number of nitrogens with zero attached hydrogens (tertiary/aromatic N) is 1. The zero-order chi connectivity index (χ0) is 24.0. The monoisotopic (exact) mass is 456 g/mol. The fourth-order valence-corrected chi connectivity index (χ4v) is 4.44. The highest BCUT2D eigenvalue weighted by Crippen LogP contribution is 2.43. The Morgan fingerprint density at radius 2 is 1.88 bits per heavy atom. The predicted octanol–water partition coefficient (Wildman–Crippen LogP) is 4.56. The fraction of sp³-hybridized carbons (Fsp3) is 0.269. The average molecular weight is 457 g/mol. The van der Waals surface area contributed by atoms with Gasteiger partial charge in [0.15, 0.2) is 5.82 Å². The highest BCUT2D eigenvalue weighted by Gasteiger charge is 2.34. The van der Waals surface area contributed by atoms with Crippen molar-refractivity contribution >= 4 is 34.0 Å². The second kappa shape index (κ2) is 8.06. The zero-order valence-corrected chi connectivity index (χ0v) is 19.7. The van der Waals surface area contributed by atoms with Crippen LogP contribution in [-0.2, 0) is 5.41 Å². The minimum atomic E-state index is -0.491. The van der Waals surface area contributed by atoms with Crippen molar-refractivity contribution in [1.82, 2.24) is 20.5 Å². The number of aromatic nitrogens is 3. The molecule has 5 rings (SSSR count). The minimum absolute atomic E-state index is 0.148. The fourth-order valence-electron chi connectivity index (χ4n) is 4.44. The lowest BCUT2D eigenvalue weighted by molar-refractivity contribution is 0.0956. The second-order valence-corrected chi connectivity index (χ2v) is 9.57. The second-order valence-electron chi connectivity index (χ2n) is 9.57. The molecule has 0 aliphatic carbocycles. The number of pyridine rings is 1. The number of rotatable bonds is 3. The molecule has 2 aromatic carbocycles. The third-order valence-electron chi connectivity index (χ3n) is 6.11. The molecule has 1 aliphatic heterocycles. The number of anilines is 3. The van der Waals surface area contributed by atoms with Crippen molar-refractivity contribution in [2.24, 2.45) is 0 Å². The van der Waals surface area contributed by atoms with Crippen LogP contribution in [0.15, 0.2) is 53.3 Å². The van der Waals surface area contributed by atoms with E-state index in [1.54, 1.807) is 6.07 Å². The van der Waals surface area contributed by atoms with Gasteiger partial charge < -0.3 is 20.9 Å². The molecule has 4 aromatic rings. The number of hydrogen-bond donors (Lipinski definition) is 5. The van der Waals surface area contributed by atoms with Crippen molar-refractivity contribution in [1.29, 1.82) is 0 Å². The summed E-state index contributed by atoms with van der Waals surface area (Å²) in [5.41, 5.74) is 4.79. The molecule has 0 spiro atoms. The van der Waals surface area contributed by atoms with Crippen molar-refractivity contribution in [3.63, 3.8) is 0 Å². The highest BCUT2D eigenvalue weighted by molar-refractivity contribution is 5.97. The maximum absolute atomic E-state index is 13.3. The van der Waals surface area contributed by atoms with Gasteiger partial charge in [-0.15, -0.1) is 0 Å². The molecule has 3 heterocycles. The first-order chi connectivity index (χ1) is 16.3. The maximum atomic E-state index is 13.3. The topological polar surface area (TPSA) is 115 Å². The Morgan fingerprint density at radius 1 is 1.09 bits per heavy atom. The standard InChI is InChI=1S/C26H28N6O2/c1-5-27-24(33)15-10-11-18-19(13-15)28-21(20-22(26(2,3)4)31-32-23(20)29-18)16-12-14-8-6-7-9-17(14)30-25(16)34/h6-13,21,28H,5H2,1-4H3,(H,27,33)(H,30,34)(H2,29,31,32). The van der Waals surface area contributed by atoms with Crippen molar-refractivity contribution in [3.05, 3.63) is 81.3 Å². The number of hydrogen-bond acceptors (Lipinski definition) is 5. The van der Waals surface area contributed by atoms with E-state index in [4.69, 9.17) is 0 Å². The average Bonchev–Trinajstić information content (AvgIpc) is 3.15. The smallest absolute Gasteiger partial charge is 0.254 e. The molecule has 2 aromatic heterocycles. The molecule has 8 nitrogen and oxygen atoms in total. The lowest BCUT2D eigenvalue weighted by Crippen LogP contribution is -2.25. The molecule has 34 heavy (non-hydrogen) atoms. The van der Waals surface area contributed by atoms with Crippen LogP contribution in [0.2, 0.25) is 0 Å². The Labute approximate surface area is 197 Å². The van der Waals surface area contributed by atoms with E-state index < -0.39 is 6.04 Å². The molecule has 1 atom stereocenters. The van der Waals surface area contributed by atoms with Gasteiger partial charge in [0, 0.05) is 39.9 Å². The molecule has 1 amide bonds. The molecule has 5 N–H and O–H groups in total. The number of amides is 1. The summed E-state index contributed by atoms with van der Waals surface area (Å²) in [6.45, 7) is 8.74. The Morgan fingerprint density at radius 3 is 2.65 bits per heavy atom. The molecular formula is C26H28N6O2. The van der Waals surface area contributed by atoms with Crippen LogP contribution in [0.1, 0.15) is 60.9 Å². The van der Waals surface area contributed by atoms with Crippen LogP contribution in [0.3, 0.4) is 0 Å². The van der Waals surface area contributed by atoms with Gasteiger partial charge in [-0.05, 0) is 42.6 Å². The Balaban J connectivity index is 1.72. The summed E-state index contributed by atoms with van der Waals surface area (Å²) >= 11 is 0. The highest BCUT2D eigenvalue weighted by atomic mass is 16.1. The first-order valence-electron chi connectivity index (χ1n) is 11.4. The molecule has 0 radical (unpaired) electrons. The van der Waals surface area contributed by atoms with Gasteiger partial charge in [0.1, 0.15) is 0 Å². The number of nitrogens with one attached hydrogen (secondary N) is 5. The summed E-state index contributed by atoms with van der Waals surface area (Å²) in [6, 6.07) is 14.6. The van der Waals surface area contributed by atoms with Crippen LogP contribution < -0.4 is 21.5 Å². The minimum Gasteiger partial charge on any atom is -0.372 e. The van der Waals surface area contributed by atoms with Crippen LogP contribution in [0.5, 0.6) is 0 Å². The SMILES string of the molecule is CCNC(=O)c1ccc2c(c1)NC(c1cc3ccccc3[nH]c1=O)c1c(n[nH]c1C(C)(C)C)N2. The maximum Gasteiger partial charge on any atom is 0.254 e. The van der Waals surface area contributed by atoms with Gasteiger partial charge in [-0.2, -0.15) is 5.10 Å². The van der Waals surface area contributed by atoms with Crippen molar-refractivity contribution in [2.75, 3.05) is 17.2 Å². The van der Waals surface area contributed by atoms with Gasteiger partial charge in [0.25, 0.3) is 11.5 Å². The third-order valence-corrected chi connectivity index (χ3v) is 6.11. The molecule has 0 bridgehead atoms. The van der Waals surface area contributed by atoms with E-state index in [0.29, 0.717) is 23.5 Å². The normalized spacial score (nSPS) is 15.0. The Bertz CT molecular complexity index is 1460. The Hall–Kier alpha value is -4.07. The van der Waals surface area contributed by atoms with Crippen molar-refractivity contribution in [2.45, 2.75) is 39.2 Å². The van der Waals surface area contributed by atoms with Crippen LogP contribution >= 0.6 is 0 Å². The van der Waals surface area contributed by atoms with E-state index in [1.165, 1.54) is 0 Å². The third kappa shape index (κ3) is 3.71. The van der Waals surface area contributed by atoms with Crippen molar-refractivity contribution < 1.29 is 4.79 Å². The van der Waals surface area contributed by atoms with Gasteiger partial charge in [0.05, 0.1) is 17.4 Å². The largest absolute Gasteiger partial charge is 0.372 e. The van der Waals surface area contributed by atoms with E-state index >= 15 is 0 Å². The number of fused-ring (bicyclic) bond motifs is 3. The number of para-hydroxylation sites is 1. The summed E-state index contributed by atoms with van der Waals surface area (Å²) < 4.78 is 0. The number of carbonyl (C=O) groups excluding carboxylic acids is 1. The van der Waals surface area contributed by atoms with Crippen LogP contribution in [0, 0.1) is 0 Å². The molecule has 0 saturated carbocycles. The van der Waals surface area contributed by atoms with Gasteiger partial charge >= 0.3 is 0 Å². The van der Waals surface area contributed by atoms with Crippen LogP contribution in [-0.4, -0.2) is 27.6 Å². The number of benzene rings is 2. The van der Waals surface area contributed by atoms with Gasteiger partial charge in [-0.25, -0.2) is 0 Å². The van der Waals surface area contributed by atoms with E-state index in [-0.39, 0.29) is 16.9 Å². The number of aromatic amines is 2. The number of H-pyrrole nitrogens is 2.